The zero-order chi connectivity index (χ0) is 5.54. The average molecular weight is 98.1 g/mol. The second kappa shape index (κ2) is 4.81. The third-order valence-electron chi connectivity index (χ3n) is 0.288. The minimum Gasteiger partial charge on any atom is -0.267 e. The van der Waals surface area contributed by atoms with Gasteiger partial charge < -0.3 is 0 Å². The summed E-state index contributed by atoms with van der Waals surface area (Å²) in [5.41, 5.74) is 2.34. The van der Waals surface area contributed by atoms with Crippen LogP contribution in [0.4, 0.5) is 0 Å². The molecule has 0 bridgehead atoms. The molecule has 4 nitrogen and oxygen atoms in total. The quantitative estimate of drug-likeness (QED) is 0.297. The predicted octanol–water partition coefficient (Wildman–Crippen LogP) is -0.165. The van der Waals surface area contributed by atoms with Crippen molar-refractivity contribution in [2.75, 3.05) is 0 Å². The van der Waals surface area contributed by atoms with Gasteiger partial charge in [0.25, 0.3) is 0 Å². The molecule has 0 aliphatic carbocycles. The summed E-state index contributed by atoms with van der Waals surface area (Å²) in [6.45, 7) is 6.20. The lowest BCUT2D eigenvalue weighted by Crippen LogP contribution is -1.97. The molecule has 0 amide bonds. The van der Waals surface area contributed by atoms with Gasteiger partial charge in [0.1, 0.15) is 6.34 Å². The predicted molar refractivity (Wildman–Crippen MR) is 30.7 cm³/mol. The Labute approximate surface area is 41.6 Å². The molecule has 0 aliphatic heterocycles. The fourth-order valence-corrected chi connectivity index (χ4v) is 0.107. The van der Waals surface area contributed by atoms with Crippen LogP contribution in [0.15, 0.2) is 15.3 Å². The minimum atomic E-state index is 1.28. The Morgan fingerprint density at radius 3 is 2.57 bits per heavy atom. The maximum atomic E-state index is 3.31. The first-order chi connectivity index (χ1) is 3.41. The van der Waals surface area contributed by atoms with E-state index in [0.29, 0.717) is 0 Å². The first kappa shape index (κ1) is 5.81. The van der Waals surface area contributed by atoms with E-state index in [-0.39, 0.29) is 0 Å². The fourth-order valence-electron chi connectivity index (χ4n) is 0.107. The lowest BCUT2D eigenvalue weighted by atomic mass is 11.3. The van der Waals surface area contributed by atoms with Crippen LogP contribution in [0.1, 0.15) is 0 Å². The summed E-state index contributed by atoms with van der Waals surface area (Å²) in [6.07, 6.45) is 1.28. The molecule has 4 heteroatoms. The van der Waals surface area contributed by atoms with Crippen LogP contribution in [0.2, 0.25) is 0 Å². The number of nitrogens with zero attached hydrogens (tertiary/aromatic N) is 3. The van der Waals surface area contributed by atoms with Crippen LogP contribution in [0.3, 0.4) is 0 Å². The van der Waals surface area contributed by atoms with Crippen molar-refractivity contribution < 1.29 is 0 Å². The summed E-state index contributed by atoms with van der Waals surface area (Å²) < 4.78 is 0. The monoisotopic (exact) mass is 98.1 g/mol. The summed E-state index contributed by atoms with van der Waals surface area (Å²) >= 11 is 0. The smallest absolute Gasteiger partial charge is 0.131 e. The SMILES string of the molecule is C=N/N=C/NN=C. The van der Waals surface area contributed by atoms with Crippen molar-refractivity contribution in [3.05, 3.63) is 0 Å². The first-order valence-corrected chi connectivity index (χ1v) is 1.60. The van der Waals surface area contributed by atoms with Crippen LogP contribution < -0.4 is 5.43 Å². The van der Waals surface area contributed by atoms with Crippen molar-refractivity contribution >= 4 is 19.8 Å². The summed E-state index contributed by atoms with van der Waals surface area (Å²) in [4.78, 5) is 0. The molecule has 0 spiro atoms. The highest BCUT2D eigenvalue weighted by Gasteiger charge is 1.55. The van der Waals surface area contributed by atoms with E-state index >= 15 is 0 Å². The van der Waals surface area contributed by atoms with Crippen molar-refractivity contribution in [3.8, 4) is 0 Å². The molecule has 0 atom stereocenters. The van der Waals surface area contributed by atoms with E-state index in [2.05, 4.69) is 34.2 Å². The van der Waals surface area contributed by atoms with Crippen LogP contribution in [0, 0.1) is 0 Å². The Morgan fingerprint density at radius 2 is 2.14 bits per heavy atom. The van der Waals surface area contributed by atoms with Gasteiger partial charge >= 0.3 is 0 Å². The average Bonchev–Trinajstić information content (AvgIpc) is 1.69. The topological polar surface area (TPSA) is 49.1 Å². The van der Waals surface area contributed by atoms with E-state index in [9.17, 15) is 0 Å². The van der Waals surface area contributed by atoms with Gasteiger partial charge in [0.05, 0.1) is 0 Å². The van der Waals surface area contributed by atoms with Gasteiger partial charge in [-0.15, -0.1) is 5.10 Å². The molecule has 0 saturated carbocycles. The molecule has 0 aromatic rings. The van der Waals surface area contributed by atoms with Crippen molar-refractivity contribution in [2.45, 2.75) is 0 Å². The molecule has 0 unspecified atom stereocenters. The Balaban J connectivity index is 3.08. The van der Waals surface area contributed by atoms with Crippen LogP contribution in [-0.4, -0.2) is 19.8 Å². The molecular weight excluding hydrogens is 92.1 g/mol. The molecule has 0 aromatic carbocycles. The van der Waals surface area contributed by atoms with Gasteiger partial charge in [-0.2, -0.15) is 10.2 Å². The van der Waals surface area contributed by atoms with Crippen LogP contribution in [0.25, 0.3) is 0 Å². The molecule has 0 aliphatic rings. The molecule has 0 aromatic heterocycles. The van der Waals surface area contributed by atoms with Gasteiger partial charge in [0.15, 0.2) is 0 Å². The molecule has 1 N–H and O–H groups in total. The largest absolute Gasteiger partial charge is 0.267 e. The second-order valence-corrected chi connectivity index (χ2v) is 0.673. The van der Waals surface area contributed by atoms with Crippen LogP contribution in [0.5, 0.6) is 0 Å². The zero-order valence-corrected chi connectivity index (χ0v) is 3.83. The molecule has 0 rings (SSSR count). The second-order valence-electron chi connectivity index (χ2n) is 0.673. The fraction of sp³-hybridized carbons (Fsp3) is 0. The van der Waals surface area contributed by atoms with E-state index in [4.69, 9.17) is 0 Å². The van der Waals surface area contributed by atoms with Gasteiger partial charge in [-0.25, -0.2) is 0 Å². The molecule has 38 valence electrons. The van der Waals surface area contributed by atoms with E-state index in [0.717, 1.165) is 0 Å². The van der Waals surface area contributed by atoms with Crippen molar-refractivity contribution in [1.29, 1.82) is 0 Å². The third-order valence-corrected chi connectivity index (χ3v) is 0.288. The number of nitrogens with one attached hydrogen (secondary N) is 1. The van der Waals surface area contributed by atoms with Crippen molar-refractivity contribution in [2.24, 2.45) is 15.3 Å². The lowest BCUT2D eigenvalue weighted by Gasteiger charge is -1.78. The molecule has 0 saturated heterocycles. The minimum absolute atomic E-state index is 1.28. The van der Waals surface area contributed by atoms with Gasteiger partial charge in [-0.1, -0.05) is 0 Å². The lowest BCUT2D eigenvalue weighted by molar-refractivity contribution is 1.05. The van der Waals surface area contributed by atoms with E-state index in [1.807, 2.05) is 0 Å². The maximum Gasteiger partial charge on any atom is 0.131 e. The van der Waals surface area contributed by atoms with Gasteiger partial charge in [0.2, 0.25) is 0 Å². The van der Waals surface area contributed by atoms with Gasteiger partial charge in [-0.3, -0.25) is 5.43 Å². The highest BCUT2D eigenvalue weighted by molar-refractivity contribution is 5.54. The maximum absolute atomic E-state index is 3.31. The van der Waals surface area contributed by atoms with Crippen molar-refractivity contribution in [3.63, 3.8) is 0 Å². The Hall–Kier alpha value is -1.19. The number of rotatable bonds is 3. The summed E-state index contributed by atoms with van der Waals surface area (Å²) in [7, 11) is 0. The summed E-state index contributed by atoms with van der Waals surface area (Å²) in [5, 5.41) is 9.68. The van der Waals surface area contributed by atoms with Gasteiger partial charge in [0, 0.05) is 13.4 Å². The first-order valence-electron chi connectivity index (χ1n) is 1.60. The molecule has 0 fully saturated rings. The van der Waals surface area contributed by atoms with E-state index < -0.39 is 0 Å². The van der Waals surface area contributed by atoms with E-state index in [1.54, 1.807) is 0 Å². The Kier molecular flexibility index (Phi) is 3.99. The molecule has 7 heavy (non-hydrogen) atoms. The Morgan fingerprint density at radius 1 is 1.43 bits per heavy atom. The molecule has 0 radical (unpaired) electrons. The van der Waals surface area contributed by atoms with E-state index in [1.165, 1.54) is 6.34 Å². The highest BCUT2D eigenvalue weighted by Crippen LogP contribution is 1.56. The third kappa shape index (κ3) is 4.81. The van der Waals surface area contributed by atoms with Crippen LogP contribution in [-0.2, 0) is 0 Å². The number of hydrazone groups is 1. The van der Waals surface area contributed by atoms with Crippen molar-refractivity contribution in [1.82, 2.24) is 5.43 Å². The molecular formula is C3H6N4. The Bertz CT molecular complexity index is 84.9. The summed E-state index contributed by atoms with van der Waals surface area (Å²) in [6, 6.07) is 0. The number of hydrogen-bond donors (Lipinski definition) is 1. The molecule has 0 heterocycles. The summed E-state index contributed by atoms with van der Waals surface area (Å²) in [5.74, 6) is 0. The zero-order valence-electron chi connectivity index (χ0n) is 3.83. The standard InChI is InChI=1S/C3H6N4/c1-4-6-3-7-5-2/h3H,1-2H2,(H,6,7). The van der Waals surface area contributed by atoms with Crippen LogP contribution >= 0.6 is 0 Å². The normalized spacial score (nSPS) is 8.57. The van der Waals surface area contributed by atoms with Gasteiger partial charge in [-0.05, 0) is 0 Å². The number of hydrogen-bond acceptors (Lipinski definition) is 3. The highest BCUT2D eigenvalue weighted by atomic mass is 15.3.